The van der Waals surface area contributed by atoms with Crippen LogP contribution in [0, 0.1) is 12.3 Å². The van der Waals surface area contributed by atoms with Crippen LogP contribution in [0.5, 0.6) is 0 Å². The Bertz CT molecular complexity index is 416. The van der Waals surface area contributed by atoms with Crippen LogP contribution in [0.1, 0.15) is 53.5 Å². The van der Waals surface area contributed by atoms with E-state index in [0.717, 1.165) is 19.6 Å². The van der Waals surface area contributed by atoms with Crippen molar-refractivity contribution in [2.75, 3.05) is 24.5 Å². The number of anilines is 1. The quantitative estimate of drug-likeness (QED) is 0.788. The first kappa shape index (κ1) is 18.0. The minimum absolute atomic E-state index is 0.178. The Hall–Kier alpha value is -1.02. The van der Waals surface area contributed by atoms with Gasteiger partial charge in [0.1, 0.15) is 0 Å². The molecule has 0 amide bonds. The molecule has 0 saturated carbocycles. The van der Waals surface area contributed by atoms with Crippen molar-refractivity contribution >= 4 is 5.69 Å². The molecule has 1 aromatic carbocycles. The average molecular weight is 290 g/mol. The van der Waals surface area contributed by atoms with Crippen molar-refractivity contribution in [1.82, 2.24) is 5.32 Å². The largest absolute Gasteiger partial charge is 0.371 e. The molecular formula is C19H34N2. The maximum Gasteiger partial charge on any atom is 0.0366 e. The molecule has 1 atom stereocenters. The molecule has 120 valence electrons. The van der Waals surface area contributed by atoms with Gasteiger partial charge in [-0.3, -0.25) is 0 Å². The Morgan fingerprint density at radius 1 is 1.00 bits per heavy atom. The number of hydrogen-bond acceptors (Lipinski definition) is 2. The van der Waals surface area contributed by atoms with Crippen LogP contribution in [0.2, 0.25) is 0 Å². The Morgan fingerprint density at radius 2 is 1.57 bits per heavy atom. The molecule has 0 aliphatic heterocycles. The molecule has 0 heterocycles. The van der Waals surface area contributed by atoms with Crippen LogP contribution in [0.3, 0.4) is 0 Å². The van der Waals surface area contributed by atoms with E-state index in [0.29, 0.717) is 0 Å². The predicted molar refractivity (Wildman–Crippen MR) is 95.2 cm³/mol. The van der Waals surface area contributed by atoms with Crippen molar-refractivity contribution in [3.8, 4) is 0 Å². The van der Waals surface area contributed by atoms with Gasteiger partial charge >= 0.3 is 0 Å². The van der Waals surface area contributed by atoms with Gasteiger partial charge in [-0.2, -0.15) is 0 Å². The fourth-order valence-corrected chi connectivity index (χ4v) is 2.37. The summed E-state index contributed by atoms with van der Waals surface area (Å²) in [6, 6.07) is 8.89. The number of nitrogens with zero attached hydrogens (tertiary/aromatic N) is 1. The highest BCUT2D eigenvalue weighted by atomic mass is 15.1. The molecule has 0 aromatic heterocycles. The van der Waals surface area contributed by atoms with Crippen molar-refractivity contribution in [2.24, 2.45) is 5.41 Å². The van der Waals surface area contributed by atoms with Gasteiger partial charge < -0.3 is 10.2 Å². The average Bonchev–Trinajstić information content (AvgIpc) is 2.43. The lowest BCUT2D eigenvalue weighted by molar-refractivity contribution is 0.260. The number of hydrogen-bond donors (Lipinski definition) is 1. The first-order valence-corrected chi connectivity index (χ1v) is 8.26. The lowest BCUT2D eigenvalue weighted by Gasteiger charge is -2.38. The summed E-state index contributed by atoms with van der Waals surface area (Å²) < 4.78 is 0. The number of aryl methyl sites for hydroxylation is 1. The summed E-state index contributed by atoms with van der Waals surface area (Å²) in [6.07, 6.45) is 1.18. The third kappa shape index (κ3) is 6.09. The monoisotopic (exact) mass is 290 g/mol. The molecule has 0 spiro atoms. The minimum Gasteiger partial charge on any atom is -0.371 e. The predicted octanol–water partition coefficient (Wildman–Crippen LogP) is 4.63. The molecule has 21 heavy (non-hydrogen) atoms. The molecule has 0 fully saturated rings. The summed E-state index contributed by atoms with van der Waals surface area (Å²) in [5, 5.41) is 3.68. The highest BCUT2D eigenvalue weighted by Gasteiger charge is 2.26. The van der Waals surface area contributed by atoms with E-state index in [1.54, 1.807) is 0 Å². The number of rotatable bonds is 7. The van der Waals surface area contributed by atoms with Crippen LogP contribution in [-0.2, 0) is 0 Å². The van der Waals surface area contributed by atoms with Gasteiger partial charge in [-0.1, -0.05) is 31.5 Å². The van der Waals surface area contributed by atoms with E-state index < -0.39 is 0 Å². The second-order valence-corrected chi connectivity index (χ2v) is 7.62. The van der Waals surface area contributed by atoms with Gasteiger partial charge in [-0.05, 0) is 58.6 Å². The fourth-order valence-electron chi connectivity index (χ4n) is 2.37. The van der Waals surface area contributed by atoms with Crippen LogP contribution >= 0.6 is 0 Å². The highest BCUT2D eigenvalue weighted by molar-refractivity contribution is 5.47. The first-order valence-electron chi connectivity index (χ1n) is 8.26. The summed E-state index contributed by atoms with van der Waals surface area (Å²) in [5.74, 6) is 0. The Kier molecular flexibility index (Phi) is 6.27. The Morgan fingerprint density at radius 3 is 2.00 bits per heavy atom. The molecule has 1 N–H and O–H groups in total. The molecule has 0 saturated heterocycles. The Balaban J connectivity index is 2.78. The second kappa shape index (κ2) is 7.31. The zero-order valence-electron chi connectivity index (χ0n) is 15.1. The molecule has 1 rings (SSSR count). The summed E-state index contributed by atoms with van der Waals surface area (Å²) in [4.78, 5) is 2.49. The third-order valence-electron chi connectivity index (χ3n) is 4.25. The van der Waals surface area contributed by atoms with Crippen LogP contribution in [0.25, 0.3) is 0 Å². The summed E-state index contributed by atoms with van der Waals surface area (Å²) in [5.41, 5.74) is 3.12. The molecule has 0 radical (unpaired) electrons. The molecule has 0 aliphatic rings. The molecule has 1 aromatic rings. The summed E-state index contributed by atoms with van der Waals surface area (Å²) >= 11 is 0. The van der Waals surface area contributed by atoms with E-state index in [-0.39, 0.29) is 11.0 Å². The molecule has 2 nitrogen and oxygen atoms in total. The minimum atomic E-state index is 0.178. The topological polar surface area (TPSA) is 15.3 Å². The maximum absolute atomic E-state index is 3.68. The fraction of sp³-hybridized carbons (Fsp3) is 0.684. The van der Waals surface area contributed by atoms with Gasteiger partial charge in [0.25, 0.3) is 0 Å². The van der Waals surface area contributed by atoms with E-state index in [4.69, 9.17) is 0 Å². The molecule has 1 unspecified atom stereocenters. The lowest BCUT2D eigenvalue weighted by Crippen LogP contribution is -2.47. The Labute approximate surface area is 131 Å². The van der Waals surface area contributed by atoms with Crippen LogP contribution < -0.4 is 10.2 Å². The molecule has 2 heteroatoms. The van der Waals surface area contributed by atoms with Crippen molar-refractivity contribution in [1.29, 1.82) is 0 Å². The van der Waals surface area contributed by atoms with Crippen LogP contribution in [-0.4, -0.2) is 25.2 Å². The standard InChI is InChI=1S/C19H34N2/c1-8-19(7,14-20-18(4,5)6)15-21(9-2)17-12-10-16(3)11-13-17/h10-13,20H,8-9,14-15H2,1-7H3. The van der Waals surface area contributed by atoms with Crippen molar-refractivity contribution in [2.45, 2.75) is 60.4 Å². The van der Waals surface area contributed by atoms with E-state index >= 15 is 0 Å². The van der Waals surface area contributed by atoms with Gasteiger partial charge in [0, 0.05) is 30.9 Å². The summed E-state index contributed by atoms with van der Waals surface area (Å²) in [7, 11) is 0. The lowest BCUT2D eigenvalue weighted by atomic mass is 9.85. The number of nitrogens with one attached hydrogen (secondary N) is 1. The van der Waals surface area contributed by atoms with Crippen LogP contribution in [0.15, 0.2) is 24.3 Å². The zero-order valence-corrected chi connectivity index (χ0v) is 15.1. The second-order valence-electron chi connectivity index (χ2n) is 7.62. The first-order chi connectivity index (χ1) is 9.69. The maximum atomic E-state index is 3.68. The van der Waals surface area contributed by atoms with E-state index in [1.807, 2.05) is 0 Å². The van der Waals surface area contributed by atoms with Crippen molar-refractivity contribution in [3.63, 3.8) is 0 Å². The third-order valence-corrected chi connectivity index (χ3v) is 4.25. The molecule has 0 bridgehead atoms. The van der Waals surface area contributed by atoms with E-state index in [9.17, 15) is 0 Å². The van der Waals surface area contributed by atoms with Crippen molar-refractivity contribution in [3.05, 3.63) is 29.8 Å². The van der Waals surface area contributed by atoms with E-state index in [1.165, 1.54) is 17.7 Å². The van der Waals surface area contributed by atoms with Gasteiger partial charge in [0.2, 0.25) is 0 Å². The van der Waals surface area contributed by atoms with Gasteiger partial charge in [-0.25, -0.2) is 0 Å². The normalized spacial score (nSPS) is 14.8. The van der Waals surface area contributed by atoms with E-state index in [2.05, 4.69) is 82.9 Å². The van der Waals surface area contributed by atoms with Gasteiger partial charge in [-0.15, -0.1) is 0 Å². The summed E-state index contributed by atoms with van der Waals surface area (Å²) in [6.45, 7) is 19.0. The molecular weight excluding hydrogens is 256 g/mol. The molecule has 0 aliphatic carbocycles. The van der Waals surface area contributed by atoms with Gasteiger partial charge in [0.15, 0.2) is 0 Å². The number of benzene rings is 1. The SMILES string of the molecule is CCN(CC(C)(CC)CNC(C)(C)C)c1ccc(C)cc1. The van der Waals surface area contributed by atoms with Crippen LogP contribution in [0.4, 0.5) is 5.69 Å². The highest BCUT2D eigenvalue weighted by Crippen LogP contribution is 2.26. The zero-order chi connectivity index (χ0) is 16.1. The van der Waals surface area contributed by atoms with Gasteiger partial charge in [0.05, 0.1) is 0 Å². The smallest absolute Gasteiger partial charge is 0.0366 e. The van der Waals surface area contributed by atoms with Crippen molar-refractivity contribution < 1.29 is 0 Å².